The molecule has 0 bridgehead atoms. The lowest BCUT2D eigenvalue weighted by molar-refractivity contribution is -0.108. The maximum atomic E-state index is 9.57. The molecule has 3 heterocycles. The lowest BCUT2D eigenvalue weighted by Crippen LogP contribution is -2.24. The summed E-state index contributed by atoms with van der Waals surface area (Å²) in [6.45, 7) is 6.59. The van der Waals surface area contributed by atoms with Gasteiger partial charge in [-0.2, -0.15) is 4.98 Å². The first-order valence-corrected chi connectivity index (χ1v) is 10.2. The first-order chi connectivity index (χ1) is 14.6. The van der Waals surface area contributed by atoms with E-state index in [1.54, 1.807) is 22.8 Å². The summed E-state index contributed by atoms with van der Waals surface area (Å²) in [7, 11) is 1.80. The predicted molar refractivity (Wildman–Crippen MR) is 120 cm³/mol. The molecular formula is C22H31N7O. The molecule has 8 nitrogen and oxygen atoms in total. The van der Waals surface area contributed by atoms with Gasteiger partial charge in [0.05, 0.1) is 6.54 Å². The van der Waals surface area contributed by atoms with Gasteiger partial charge in [-0.15, -0.1) is 5.10 Å². The van der Waals surface area contributed by atoms with Crippen LogP contribution in [-0.4, -0.2) is 37.9 Å². The van der Waals surface area contributed by atoms with Crippen molar-refractivity contribution in [2.75, 3.05) is 12.4 Å². The van der Waals surface area contributed by atoms with Crippen LogP contribution in [0.2, 0.25) is 0 Å². The maximum absolute atomic E-state index is 9.57. The van der Waals surface area contributed by atoms with Crippen LogP contribution in [0.3, 0.4) is 0 Å². The average molecular weight is 410 g/mol. The number of rotatable bonds is 6. The van der Waals surface area contributed by atoms with Crippen LogP contribution in [-0.2, 0) is 11.3 Å². The third kappa shape index (κ3) is 6.66. The number of hydrazine groups is 1. The van der Waals surface area contributed by atoms with Crippen molar-refractivity contribution in [1.29, 1.82) is 0 Å². The molecule has 0 aromatic carbocycles. The molecule has 160 valence electrons. The number of hydrogen-bond donors (Lipinski definition) is 2. The van der Waals surface area contributed by atoms with Gasteiger partial charge in [0.2, 0.25) is 5.95 Å². The van der Waals surface area contributed by atoms with E-state index in [-0.39, 0.29) is 0 Å². The van der Waals surface area contributed by atoms with Crippen LogP contribution in [0.25, 0.3) is 11.2 Å². The number of nitrogens with one attached hydrogen (secondary N) is 1. The third-order valence-corrected chi connectivity index (χ3v) is 4.27. The van der Waals surface area contributed by atoms with E-state index in [2.05, 4.69) is 20.4 Å². The highest BCUT2D eigenvalue weighted by atomic mass is 16.1. The Balaban J connectivity index is 0.000000393. The smallest absolute Gasteiger partial charge is 0.242 e. The Bertz CT molecular complexity index is 949. The van der Waals surface area contributed by atoms with Gasteiger partial charge in [0.25, 0.3) is 0 Å². The number of nitrogens with zero attached hydrogens (tertiary/aromatic N) is 5. The Morgan fingerprint density at radius 3 is 2.67 bits per heavy atom. The molecule has 3 N–H and O–H groups in total. The van der Waals surface area contributed by atoms with Gasteiger partial charge in [0.15, 0.2) is 5.65 Å². The van der Waals surface area contributed by atoms with Crippen molar-refractivity contribution in [2.24, 2.45) is 11.8 Å². The van der Waals surface area contributed by atoms with Gasteiger partial charge in [-0.25, -0.2) is 10.4 Å². The van der Waals surface area contributed by atoms with E-state index in [1.165, 1.54) is 0 Å². The van der Waals surface area contributed by atoms with E-state index in [0.29, 0.717) is 18.4 Å². The van der Waals surface area contributed by atoms with Crippen LogP contribution in [0.15, 0.2) is 49.1 Å². The fraction of sp³-hybridized carbons (Fsp3) is 0.364. The topological polar surface area (TPSA) is 101 Å². The van der Waals surface area contributed by atoms with Crippen LogP contribution in [0.5, 0.6) is 0 Å². The number of aldehydes is 1. The van der Waals surface area contributed by atoms with E-state index in [1.807, 2.05) is 63.6 Å². The van der Waals surface area contributed by atoms with Gasteiger partial charge < -0.3 is 15.1 Å². The summed E-state index contributed by atoms with van der Waals surface area (Å²) < 4.78 is 1.75. The molecular weight excluding hydrogens is 378 g/mol. The fourth-order valence-electron chi connectivity index (χ4n) is 2.62. The number of pyridine rings is 2. The number of carbonyl (C=O) groups excluding carboxylic acids is 1. The van der Waals surface area contributed by atoms with E-state index < -0.39 is 0 Å². The molecule has 0 atom stereocenters. The summed E-state index contributed by atoms with van der Waals surface area (Å²) >= 11 is 0. The maximum Gasteiger partial charge on any atom is 0.242 e. The zero-order valence-electron chi connectivity index (χ0n) is 18.1. The van der Waals surface area contributed by atoms with Crippen molar-refractivity contribution in [2.45, 2.75) is 40.2 Å². The third-order valence-electron chi connectivity index (χ3n) is 4.27. The zero-order chi connectivity index (χ0) is 21.9. The van der Waals surface area contributed by atoms with Crippen LogP contribution in [0, 0.1) is 5.92 Å². The Hall–Kier alpha value is -3.26. The minimum Gasteiger partial charge on any atom is -0.356 e. The van der Waals surface area contributed by atoms with Crippen LogP contribution in [0.4, 0.5) is 5.95 Å². The second-order valence-corrected chi connectivity index (χ2v) is 6.69. The normalized spacial score (nSPS) is 12.9. The summed E-state index contributed by atoms with van der Waals surface area (Å²) in [6, 6.07) is 7.84. The Labute approximate surface area is 177 Å². The lowest BCUT2D eigenvalue weighted by Gasteiger charge is -2.15. The van der Waals surface area contributed by atoms with Crippen molar-refractivity contribution in [3.05, 3.63) is 60.2 Å². The molecule has 0 unspecified atom stereocenters. The van der Waals surface area contributed by atoms with Crippen molar-refractivity contribution < 1.29 is 4.79 Å². The molecule has 1 saturated carbocycles. The summed E-state index contributed by atoms with van der Waals surface area (Å²) in [5, 5.41) is 8.93. The predicted octanol–water partition coefficient (Wildman–Crippen LogP) is 3.52. The molecule has 1 aliphatic carbocycles. The van der Waals surface area contributed by atoms with E-state index in [9.17, 15) is 4.79 Å². The Kier molecular flexibility index (Phi) is 8.96. The molecule has 1 fully saturated rings. The van der Waals surface area contributed by atoms with Crippen molar-refractivity contribution in [1.82, 2.24) is 24.6 Å². The molecule has 1 aliphatic rings. The molecule has 0 amide bonds. The molecule has 8 heteroatoms. The highest BCUT2D eigenvalue weighted by Crippen LogP contribution is 2.25. The monoisotopic (exact) mass is 409 g/mol. The molecule has 4 rings (SSSR count). The zero-order valence-corrected chi connectivity index (χ0v) is 18.1. The van der Waals surface area contributed by atoms with Crippen molar-refractivity contribution in [3.63, 3.8) is 0 Å². The second-order valence-electron chi connectivity index (χ2n) is 6.69. The number of hydrogen-bond acceptors (Lipinski definition) is 7. The molecule has 0 saturated heterocycles. The van der Waals surface area contributed by atoms with Gasteiger partial charge in [-0.1, -0.05) is 19.9 Å². The molecule has 30 heavy (non-hydrogen) atoms. The molecule has 0 radical (unpaired) electrons. The lowest BCUT2D eigenvalue weighted by atomic mass is 10.1. The average Bonchev–Trinajstić information content (AvgIpc) is 3.52. The minimum atomic E-state index is 0.454. The molecule has 3 aromatic rings. The molecule has 0 spiro atoms. The highest BCUT2D eigenvalue weighted by molar-refractivity contribution is 5.74. The van der Waals surface area contributed by atoms with E-state index in [0.717, 1.165) is 41.5 Å². The van der Waals surface area contributed by atoms with Crippen molar-refractivity contribution in [3.8, 4) is 0 Å². The first-order valence-electron chi connectivity index (χ1n) is 10.2. The second kappa shape index (κ2) is 11.7. The number of fused-ring (bicyclic) bond motifs is 1. The van der Waals surface area contributed by atoms with Crippen LogP contribution < -0.4 is 11.2 Å². The van der Waals surface area contributed by atoms with E-state index >= 15 is 0 Å². The quantitative estimate of drug-likeness (QED) is 0.365. The van der Waals surface area contributed by atoms with Gasteiger partial charge in [0, 0.05) is 43.3 Å². The van der Waals surface area contributed by atoms with Gasteiger partial charge in [-0.05, 0) is 49.1 Å². The van der Waals surface area contributed by atoms with Gasteiger partial charge >= 0.3 is 0 Å². The SMILES string of the molecule is CC.CNc1nc2c(/C(C)=C/N(N)Cc3cccnc3)cccn2n1.O=CC1CC1. The highest BCUT2D eigenvalue weighted by Gasteiger charge is 2.18. The Morgan fingerprint density at radius 2 is 2.10 bits per heavy atom. The van der Waals surface area contributed by atoms with Crippen LogP contribution in [0.1, 0.15) is 44.7 Å². The Morgan fingerprint density at radius 1 is 1.33 bits per heavy atom. The fourth-order valence-corrected chi connectivity index (χ4v) is 2.62. The van der Waals surface area contributed by atoms with Gasteiger partial charge in [0.1, 0.15) is 6.29 Å². The minimum absolute atomic E-state index is 0.454. The number of anilines is 1. The summed E-state index contributed by atoms with van der Waals surface area (Å²) in [6.07, 6.45) is 10.6. The van der Waals surface area contributed by atoms with Crippen molar-refractivity contribution >= 4 is 23.5 Å². The van der Waals surface area contributed by atoms with Gasteiger partial charge in [-0.3, -0.25) is 4.98 Å². The number of aromatic nitrogens is 4. The molecule has 0 aliphatic heterocycles. The van der Waals surface area contributed by atoms with Crippen LogP contribution >= 0.6 is 0 Å². The summed E-state index contributed by atoms with van der Waals surface area (Å²) in [4.78, 5) is 18.1. The summed E-state index contributed by atoms with van der Waals surface area (Å²) in [5.41, 5.74) is 3.85. The number of allylic oxidation sites excluding steroid dienone is 1. The van der Waals surface area contributed by atoms with E-state index in [4.69, 9.17) is 5.84 Å². The standard InChI is InChI=1S/C16H19N7.C4H6O.C2H6/c1-12(10-22(17)11-13-5-3-7-19-9-13)14-6-4-8-23-15(14)20-16(18-2)21-23;5-3-4-1-2-4;1-2/h3-10H,11,17H2,1-2H3,(H,18,21);3-4H,1-2H2;1-2H3/b12-10+;;. The number of nitrogens with two attached hydrogens (primary N) is 1. The first kappa shape index (κ1) is 23.0. The molecule has 3 aromatic heterocycles. The summed E-state index contributed by atoms with van der Waals surface area (Å²) in [5.74, 6) is 7.14. The largest absolute Gasteiger partial charge is 0.356 e. The number of carbonyl (C=O) groups is 1.